The molecule has 0 heterocycles. The van der Waals surface area contributed by atoms with E-state index in [1.54, 1.807) is 67.8 Å². The largest absolute Gasteiger partial charge is 0.497 e. The number of carbonyl (C=O) groups is 3. The van der Waals surface area contributed by atoms with E-state index in [4.69, 9.17) is 9.47 Å². The summed E-state index contributed by atoms with van der Waals surface area (Å²) in [5, 5.41) is 10.1. The van der Waals surface area contributed by atoms with Gasteiger partial charge in [-0.05, 0) is 77.9 Å². The second kappa shape index (κ2) is 15.0. The average molecular weight is 632 g/mol. The number of benzene rings is 5. The first-order valence-electron chi connectivity index (χ1n) is 14.5. The lowest BCUT2D eigenvalue weighted by Gasteiger charge is -2.15. The van der Waals surface area contributed by atoms with Gasteiger partial charge in [-0.3, -0.25) is 14.4 Å². The standard InChI is InChI=1S/C37H33N3O5S/c1-24(35(41)39-32-21-18-29(44-2)23-34(32)45-3)46-30-19-16-28(17-20-30)38-37(43)33(40-36(42)26-11-5-4-6-12-26)22-27-14-9-13-25-10-7-8-15-31(25)27/h4-24H,1-3H3,(H,38,43)(H,39,41)(H,40,42)/b33-22-. The fourth-order valence-electron chi connectivity index (χ4n) is 4.68. The summed E-state index contributed by atoms with van der Waals surface area (Å²) in [6, 6.07) is 34.7. The molecule has 9 heteroatoms. The van der Waals surface area contributed by atoms with Gasteiger partial charge in [0, 0.05) is 22.2 Å². The van der Waals surface area contributed by atoms with Crippen molar-refractivity contribution in [2.75, 3.05) is 24.9 Å². The van der Waals surface area contributed by atoms with E-state index in [1.165, 1.54) is 18.9 Å². The van der Waals surface area contributed by atoms with E-state index in [2.05, 4.69) is 16.0 Å². The Kier molecular flexibility index (Phi) is 10.4. The van der Waals surface area contributed by atoms with Crippen molar-refractivity contribution in [3.63, 3.8) is 0 Å². The van der Waals surface area contributed by atoms with Crippen LogP contribution in [0.5, 0.6) is 11.5 Å². The summed E-state index contributed by atoms with van der Waals surface area (Å²) in [6.07, 6.45) is 1.68. The third kappa shape index (κ3) is 7.94. The molecule has 0 spiro atoms. The Hall–Kier alpha value is -5.54. The highest BCUT2D eigenvalue weighted by molar-refractivity contribution is 8.00. The smallest absolute Gasteiger partial charge is 0.272 e. The van der Waals surface area contributed by atoms with Gasteiger partial charge in [0.1, 0.15) is 17.2 Å². The van der Waals surface area contributed by atoms with E-state index in [-0.39, 0.29) is 11.6 Å². The number of anilines is 2. The molecule has 3 N–H and O–H groups in total. The first kappa shape index (κ1) is 31.9. The van der Waals surface area contributed by atoms with E-state index < -0.39 is 17.1 Å². The molecule has 0 fully saturated rings. The monoisotopic (exact) mass is 631 g/mol. The number of nitrogens with one attached hydrogen (secondary N) is 3. The van der Waals surface area contributed by atoms with Gasteiger partial charge in [-0.2, -0.15) is 0 Å². The minimum absolute atomic E-state index is 0.0999. The van der Waals surface area contributed by atoms with Crippen LogP contribution in [0, 0.1) is 0 Å². The van der Waals surface area contributed by atoms with E-state index in [0.29, 0.717) is 28.4 Å². The van der Waals surface area contributed by atoms with Crippen molar-refractivity contribution in [1.82, 2.24) is 5.32 Å². The Morgan fingerprint density at radius 3 is 2.22 bits per heavy atom. The van der Waals surface area contributed by atoms with Crippen molar-refractivity contribution >= 4 is 57.7 Å². The van der Waals surface area contributed by atoms with Gasteiger partial charge >= 0.3 is 0 Å². The van der Waals surface area contributed by atoms with Crippen LogP contribution in [0.3, 0.4) is 0 Å². The molecule has 0 aliphatic heterocycles. The zero-order valence-electron chi connectivity index (χ0n) is 25.6. The summed E-state index contributed by atoms with van der Waals surface area (Å²) in [6.45, 7) is 1.81. The first-order valence-corrected chi connectivity index (χ1v) is 15.4. The van der Waals surface area contributed by atoms with Crippen LogP contribution in [0.1, 0.15) is 22.8 Å². The van der Waals surface area contributed by atoms with Gasteiger partial charge < -0.3 is 25.4 Å². The zero-order valence-corrected chi connectivity index (χ0v) is 26.4. The maximum atomic E-state index is 13.6. The number of amides is 3. The Bertz CT molecular complexity index is 1890. The normalized spacial score (nSPS) is 11.8. The Morgan fingerprint density at radius 2 is 1.48 bits per heavy atom. The molecule has 0 saturated heterocycles. The number of thioether (sulfide) groups is 1. The highest BCUT2D eigenvalue weighted by Crippen LogP contribution is 2.31. The Morgan fingerprint density at radius 1 is 0.761 bits per heavy atom. The van der Waals surface area contributed by atoms with Crippen LogP contribution in [-0.4, -0.2) is 37.2 Å². The topological polar surface area (TPSA) is 106 Å². The second-order valence-corrected chi connectivity index (χ2v) is 11.7. The number of hydrogen-bond acceptors (Lipinski definition) is 6. The molecular formula is C37H33N3O5S. The SMILES string of the molecule is COc1ccc(NC(=O)C(C)Sc2ccc(NC(=O)/C(=C/c3cccc4ccccc34)NC(=O)c3ccccc3)cc2)c(OC)c1. The Labute approximate surface area is 271 Å². The minimum Gasteiger partial charge on any atom is -0.497 e. The maximum absolute atomic E-state index is 13.6. The molecule has 1 atom stereocenters. The molecule has 0 aromatic heterocycles. The predicted molar refractivity (Wildman–Crippen MR) is 184 cm³/mol. The summed E-state index contributed by atoms with van der Waals surface area (Å²) < 4.78 is 10.6. The summed E-state index contributed by atoms with van der Waals surface area (Å²) >= 11 is 1.38. The number of carbonyl (C=O) groups excluding carboxylic acids is 3. The molecule has 3 amide bonds. The quantitative estimate of drug-likeness (QED) is 0.104. The van der Waals surface area contributed by atoms with Crippen LogP contribution in [-0.2, 0) is 9.59 Å². The summed E-state index contributed by atoms with van der Waals surface area (Å²) in [5.74, 6) is 0.0635. The lowest BCUT2D eigenvalue weighted by Crippen LogP contribution is -2.30. The molecule has 232 valence electrons. The van der Waals surface area contributed by atoms with Crippen molar-refractivity contribution < 1.29 is 23.9 Å². The molecule has 8 nitrogen and oxygen atoms in total. The molecule has 5 aromatic rings. The molecule has 5 rings (SSSR count). The lowest BCUT2D eigenvalue weighted by molar-refractivity contribution is -0.115. The number of fused-ring (bicyclic) bond motifs is 1. The van der Waals surface area contributed by atoms with Crippen LogP contribution in [0.4, 0.5) is 11.4 Å². The maximum Gasteiger partial charge on any atom is 0.272 e. The highest BCUT2D eigenvalue weighted by Gasteiger charge is 2.18. The summed E-state index contributed by atoms with van der Waals surface area (Å²) in [4.78, 5) is 40.4. The number of hydrogen-bond donors (Lipinski definition) is 3. The molecule has 5 aromatic carbocycles. The van der Waals surface area contributed by atoms with Crippen LogP contribution in [0.15, 0.2) is 126 Å². The van der Waals surface area contributed by atoms with Gasteiger partial charge in [0.05, 0.1) is 25.2 Å². The fraction of sp³-hybridized carbons (Fsp3) is 0.108. The fourth-order valence-corrected chi connectivity index (χ4v) is 5.55. The molecule has 46 heavy (non-hydrogen) atoms. The molecule has 1 unspecified atom stereocenters. The van der Waals surface area contributed by atoms with E-state index in [9.17, 15) is 14.4 Å². The lowest BCUT2D eigenvalue weighted by atomic mass is 10.0. The second-order valence-electron chi connectivity index (χ2n) is 10.2. The van der Waals surface area contributed by atoms with E-state index in [1.807, 2.05) is 67.6 Å². The van der Waals surface area contributed by atoms with Crippen LogP contribution >= 0.6 is 11.8 Å². The van der Waals surface area contributed by atoms with E-state index in [0.717, 1.165) is 21.2 Å². The average Bonchev–Trinajstić information content (AvgIpc) is 3.09. The molecule has 0 bridgehead atoms. The van der Waals surface area contributed by atoms with Crippen molar-refractivity contribution in [3.8, 4) is 11.5 Å². The molecule has 0 aliphatic carbocycles. The van der Waals surface area contributed by atoms with Gasteiger partial charge in [-0.25, -0.2) is 0 Å². The number of methoxy groups -OCH3 is 2. The van der Waals surface area contributed by atoms with Crippen molar-refractivity contribution in [2.45, 2.75) is 17.1 Å². The number of ether oxygens (including phenoxy) is 2. The molecule has 0 saturated carbocycles. The Balaban J connectivity index is 1.29. The molecule has 0 radical (unpaired) electrons. The highest BCUT2D eigenvalue weighted by atomic mass is 32.2. The summed E-state index contributed by atoms with van der Waals surface area (Å²) in [5.41, 5.74) is 2.41. The van der Waals surface area contributed by atoms with Crippen molar-refractivity contribution in [3.05, 3.63) is 132 Å². The van der Waals surface area contributed by atoms with Crippen LogP contribution < -0.4 is 25.4 Å². The third-order valence-electron chi connectivity index (χ3n) is 7.11. The first-order chi connectivity index (χ1) is 22.3. The minimum atomic E-state index is -0.473. The van der Waals surface area contributed by atoms with Gasteiger partial charge in [-0.15, -0.1) is 11.8 Å². The third-order valence-corrected chi connectivity index (χ3v) is 8.22. The number of rotatable bonds is 11. The van der Waals surface area contributed by atoms with Gasteiger partial charge in [0.2, 0.25) is 5.91 Å². The van der Waals surface area contributed by atoms with Crippen LogP contribution in [0.2, 0.25) is 0 Å². The van der Waals surface area contributed by atoms with Gasteiger partial charge in [0.25, 0.3) is 11.8 Å². The molecular weight excluding hydrogens is 598 g/mol. The van der Waals surface area contributed by atoms with Gasteiger partial charge in [0.15, 0.2) is 0 Å². The zero-order chi connectivity index (χ0) is 32.5. The van der Waals surface area contributed by atoms with Gasteiger partial charge in [-0.1, -0.05) is 60.7 Å². The van der Waals surface area contributed by atoms with Crippen molar-refractivity contribution in [2.24, 2.45) is 0 Å². The van der Waals surface area contributed by atoms with Crippen LogP contribution in [0.25, 0.3) is 16.8 Å². The van der Waals surface area contributed by atoms with E-state index >= 15 is 0 Å². The van der Waals surface area contributed by atoms with Crippen molar-refractivity contribution in [1.29, 1.82) is 0 Å². The predicted octanol–water partition coefficient (Wildman–Crippen LogP) is 7.39. The molecule has 0 aliphatic rings. The summed E-state index contributed by atoms with van der Waals surface area (Å²) in [7, 11) is 3.09.